The molecular formula is C25H25ClFN3O8. The number of fused-ring (bicyclic) bond motifs is 2. The predicted molar refractivity (Wildman–Crippen MR) is 130 cm³/mol. The number of hydrogen-bond acceptors (Lipinski definition) is 8. The molecule has 2 atom stereocenters. The van der Waals surface area contributed by atoms with Gasteiger partial charge in [0.25, 0.3) is 11.8 Å². The Morgan fingerprint density at radius 3 is 2.87 bits per heavy atom. The van der Waals surface area contributed by atoms with Crippen LogP contribution in [0.5, 0.6) is 5.75 Å². The lowest BCUT2D eigenvalue weighted by Gasteiger charge is -2.44. The van der Waals surface area contributed by atoms with Crippen LogP contribution >= 0.6 is 11.6 Å². The topological polar surface area (TPSA) is 125 Å². The van der Waals surface area contributed by atoms with Gasteiger partial charge in [-0.15, -0.1) is 0 Å². The second kappa shape index (κ2) is 10.6. The van der Waals surface area contributed by atoms with E-state index in [1.165, 1.54) is 12.1 Å². The molecule has 0 unspecified atom stereocenters. The fraction of sp³-hybridized carbons (Fsp3) is 0.440. The molecule has 11 nitrogen and oxygen atoms in total. The van der Waals surface area contributed by atoms with Gasteiger partial charge in [-0.3, -0.25) is 14.4 Å². The quantitative estimate of drug-likeness (QED) is 0.413. The van der Waals surface area contributed by atoms with Crippen LogP contribution in [0.4, 0.5) is 9.18 Å². The standard InChI is InChI=1S/C25H25ClFN3O8/c1-2-35-25(34)38-12-37-21-19-23(33)29-9-4-10-36-24(29)16-8-7-15(30(16)19)17(20(21)31)22(32)28-11-13-5-3-6-14(26)18(13)27/h3,5-6,16,24H,2,4,7-12H2,1H3,(H,28,32)/t16-,24+/m1/s1. The summed E-state index contributed by atoms with van der Waals surface area (Å²) in [5.41, 5.74) is -0.604. The molecule has 2 aromatic rings. The number of hydrogen-bond donors (Lipinski definition) is 1. The average molecular weight is 550 g/mol. The van der Waals surface area contributed by atoms with E-state index >= 15 is 0 Å². The lowest BCUT2D eigenvalue weighted by Crippen LogP contribution is -2.55. The zero-order valence-corrected chi connectivity index (χ0v) is 21.2. The maximum absolute atomic E-state index is 14.4. The van der Waals surface area contributed by atoms with Gasteiger partial charge in [0.15, 0.2) is 11.9 Å². The van der Waals surface area contributed by atoms with Crippen LogP contribution < -0.4 is 15.5 Å². The average Bonchev–Trinajstić information content (AvgIpc) is 3.33. The number of carbonyl (C=O) groups excluding carboxylic acids is 3. The number of nitrogens with one attached hydrogen (secondary N) is 1. The summed E-state index contributed by atoms with van der Waals surface area (Å²) in [5, 5.41) is 2.47. The number of pyridine rings is 1. The van der Waals surface area contributed by atoms with Gasteiger partial charge in [-0.25, -0.2) is 9.18 Å². The highest BCUT2D eigenvalue weighted by molar-refractivity contribution is 6.30. The first kappa shape index (κ1) is 26.0. The summed E-state index contributed by atoms with van der Waals surface area (Å²) in [6, 6.07) is 4.05. The van der Waals surface area contributed by atoms with Gasteiger partial charge in [0.05, 0.1) is 24.3 Å². The van der Waals surface area contributed by atoms with Gasteiger partial charge in [0.1, 0.15) is 11.4 Å². The minimum atomic E-state index is -1.02. The SMILES string of the molecule is CCOC(=O)OCOc1c2n3c(c(C(=O)NCc4cccc(Cl)c4F)c1=O)CC[C@@H]3[C@@H]1OCCCN1C2=O. The minimum absolute atomic E-state index is 0.0286. The van der Waals surface area contributed by atoms with Crippen LogP contribution in [0.2, 0.25) is 5.02 Å². The second-order valence-electron chi connectivity index (χ2n) is 8.90. The van der Waals surface area contributed by atoms with E-state index in [4.69, 9.17) is 30.5 Å². The van der Waals surface area contributed by atoms with Crippen molar-refractivity contribution in [3.63, 3.8) is 0 Å². The van der Waals surface area contributed by atoms with E-state index in [1.54, 1.807) is 22.5 Å². The molecule has 0 bridgehead atoms. The van der Waals surface area contributed by atoms with E-state index in [0.717, 1.165) is 0 Å². The Labute approximate surface area is 221 Å². The highest BCUT2D eigenvalue weighted by Crippen LogP contribution is 2.42. The van der Waals surface area contributed by atoms with Crippen molar-refractivity contribution in [1.82, 2.24) is 14.8 Å². The molecule has 38 heavy (non-hydrogen) atoms. The maximum Gasteiger partial charge on any atom is 0.511 e. The maximum atomic E-state index is 14.4. The molecule has 0 aliphatic carbocycles. The van der Waals surface area contributed by atoms with Crippen molar-refractivity contribution in [2.45, 2.75) is 45.0 Å². The molecule has 0 spiro atoms. The van der Waals surface area contributed by atoms with E-state index in [9.17, 15) is 23.6 Å². The number of carbonyl (C=O) groups is 3. The van der Waals surface area contributed by atoms with Gasteiger partial charge < -0.3 is 33.7 Å². The van der Waals surface area contributed by atoms with Gasteiger partial charge in [-0.1, -0.05) is 23.7 Å². The summed E-state index contributed by atoms with van der Waals surface area (Å²) in [7, 11) is 0. The Bertz CT molecular complexity index is 1360. The molecule has 4 heterocycles. The van der Waals surface area contributed by atoms with E-state index in [1.807, 2.05) is 0 Å². The summed E-state index contributed by atoms with van der Waals surface area (Å²) < 4.78 is 37.0. The van der Waals surface area contributed by atoms with E-state index in [0.29, 0.717) is 38.1 Å². The number of rotatable bonds is 7. The molecule has 0 saturated carbocycles. The molecule has 1 saturated heterocycles. The summed E-state index contributed by atoms with van der Waals surface area (Å²) in [5.74, 6) is -2.35. The van der Waals surface area contributed by atoms with Crippen molar-refractivity contribution in [2.75, 3.05) is 26.6 Å². The molecule has 1 aromatic heterocycles. The molecule has 0 radical (unpaired) electrons. The molecule has 202 valence electrons. The van der Waals surface area contributed by atoms with E-state index in [-0.39, 0.29) is 41.0 Å². The van der Waals surface area contributed by atoms with E-state index in [2.05, 4.69) is 5.32 Å². The Kier molecular flexibility index (Phi) is 7.26. The number of nitrogens with zero attached hydrogens (tertiary/aromatic N) is 2. The highest BCUT2D eigenvalue weighted by Gasteiger charge is 2.48. The largest absolute Gasteiger partial charge is 0.511 e. The summed E-state index contributed by atoms with van der Waals surface area (Å²) in [6.45, 7) is 1.64. The Balaban J connectivity index is 1.54. The van der Waals surface area contributed by atoms with Gasteiger partial charge in [0.2, 0.25) is 18.0 Å². The second-order valence-corrected chi connectivity index (χ2v) is 9.31. The van der Waals surface area contributed by atoms with Crippen LogP contribution in [-0.2, 0) is 27.2 Å². The van der Waals surface area contributed by atoms with Crippen molar-refractivity contribution in [3.05, 3.63) is 61.8 Å². The smallest absolute Gasteiger partial charge is 0.451 e. The molecule has 1 N–H and O–H groups in total. The highest BCUT2D eigenvalue weighted by atomic mass is 35.5. The van der Waals surface area contributed by atoms with Gasteiger partial charge >= 0.3 is 6.16 Å². The van der Waals surface area contributed by atoms with Crippen LogP contribution in [0, 0.1) is 5.82 Å². The fourth-order valence-corrected chi connectivity index (χ4v) is 5.35. The van der Waals surface area contributed by atoms with Crippen LogP contribution in [0.25, 0.3) is 0 Å². The van der Waals surface area contributed by atoms with Crippen LogP contribution in [0.15, 0.2) is 23.0 Å². The molecule has 3 aliphatic rings. The normalized spacial score (nSPS) is 19.4. The Morgan fingerprint density at radius 1 is 1.26 bits per heavy atom. The summed E-state index contributed by atoms with van der Waals surface area (Å²) in [6.07, 6.45) is -0.0751. The first-order chi connectivity index (χ1) is 18.3. The van der Waals surface area contributed by atoms with Crippen molar-refractivity contribution >= 4 is 29.6 Å². The molecule has 1 fully saturated rings. The third-order valence-corrected chi connectivity index (χ3v) is 7.04. The Hall–Kier alpha value is -3.64. The number of aromatic nitrogens is 1. The summed E-state index contributed by atoms with van der Waals surface area (Å²) in [4.78, 5) is 53.7. The van der Waals surface area contributed by atoms with Gasteiger partial charge in [-0.2, -0.15) is 0 Å². The third kappa shape index (κ3) is 4.47. The lowest BCUT2D eigenvalue weighted by atomic mass is 10.1. The monoisotopic (exact) mass is 549 g/mol. The number of halogens is 2. The number of benzene rings is 1. The fourth-order valence-electron chi connectivity index (χ4n) is 5.15. The van der Waals surface area contributed by atoms with Gasteiger partial charge in [0, 0.05) is 24.3 Å². The number of amides is 2. The van der Waals surface area contributed by atoms with Crippen molar-refractivity contribution in [1.29, 1.82) is 0 Å². The lowest BCUT2D eigenvalue weighted by molar-refractivity contribution is -0.109. The number of ether oxygens (including phenoxy) is 4. The molecule has 2 amide bonds. The molecule has 13 heteroatoms. The molecular weight excluding hydrogens is 525 g/mol. The molecule has 3 aliphatic heterocycles. The molecule has 1 aromatic carbocycles. The zero-order chi connectivity index (χ0) is 27.0. The van der Waals surface area contributed by atoms with Gasteiger partial charge in [-0.05, 0) is 32.3 Å². The zero-order valence-electron chi connectivity index (χ0n) is 20.5. The van der Waals surface area contributed by atoms with Crippen molar-refractivity contribution in [2.24, 2.45) is 0 Å². The van der Waals surface area contributed by atoms with E-state index < -0.39 is 48.0 Å². The first-order valence-electron chi connectivity index (χ1n) is 12.2. The third-order valence-electron chi connectivity index (χ3n) is 6.75. The first-order valence-corrected chi connectivity index (χ1v) is 12.6. The minimum Gasteiger partial charge on any atom is -0.451 e. The van der Waals surface area contributed by atoms with Crippen molar-refractivity contribution < 1.29 is 37.7 Å². The van der Waals surface area contributed by atoms with Crippen LogP contribution in [-0.4, -0.2) is 60.2 Å². The van der Waals surface area contributed by atoms with Crippen molar-refractivity contribution in [3.8, 4) is 5.75 Å². The predicted octanol–water partition coefficient (Wildman–Crippen LogP) is 2.77. The van der Waals surface area contributed by atoms with Crippen LogP contribution in [0.3, 0.4) is 0 Å². The Morgan fingerprint density at radius 2 is 2.08 bits per heavy atom. The van der Waals surface area contributed by atoms with Crippen LogP contribution in [0.1, 0.15) is 57.9 Å². The summed E-state index contributed by atoms with van der Waals surface area (Å²) >= 11 is 5.83. The molecule has 5 rings (SSSR count).